The van der Waals surface area contributed by atoms with Crippen LogP contribution in [0.3, 0.4) is 0 Å². The van der Waals surface area contributed by atoms with Gasteiger partial charge < -0.3 is 34.1 Å². The molecule has 2 aliphatic heterocycles. The number of fused-ring (bicyclic) bond motifs is 1. The Morgan fingerprint density at radius 1 is 0.796 bits per heavy atom. The van der Waals surface area contributed by atoms with Crippen LogP contribution >= 0.6 is 0 Å². The van der Waals surface area contributed by atoms with Gasteiger partial charge >= 0.3 is 11.9 Å². The molecule has 2 N–H and O–H groups in total. The average Bonchev–Trinajstić information content (AvgIpc) is 3.57. The number of carbonyl (C=O) groups excluding carboxylic acids is 1. The minimum Gasteiger partial charge on any atom is -0.494 e. The van der Waals surface area contributed by atoms with Crippen LogP contribution in [-0.2, 0) is 22.4 Å². The molecule has 1 fully saturated rings. The van der Waals surface area contributed by atoms with Crippen LogP contribution in [0.4, 0.5) is 0 Å². The Labute approximate surface area is 287 Å². The molecular weight excluding hydrogens is 626 g/mol. The van der Waals surface area contributed by atoms with Gasteiger partial charge in [0.25, 0.3) is 5.91 Å². The number of piperidine rings is 1. The fourth-order valence-electron chi connectivity index (χ4n) is 6.48. The van der Waals surface area contributed by atoms with Crippen LogP contribution in [0, 0.1) is 0 Å². The summed E-state index contributed by atoms with van der Waals surface area (Å²) in [5.41, 5.74) is 4.37. The monoisotopic (exact) mass is 673 g/mol. The molecule has 10 nitrogen and oxygen atoms in total. The number of amides is 1. The Kier molecular flexibility index (Phi) is 12.8. The van der Waals surface area contributed by atoms with E-state index in [-0.39, 0.29) is 38.2 Å². The van der Waals surface area contributed by atoms with Crippen molar-refractivity contribution in [3.63, 3.8) is 0 Å². The highest BCUT2D eigenvalue weighted by molar-refractivity contribution is 5.96. The summed E-state index contributed by atoms with van der Waals surface area (Å²) in [6.07, 6.45) is 8.42. The molecule has 0 radical (unpaired) electrons. The van der Waals surface area contributed by atoms with Gasteiger partial charge in [0, 0.05) is 31.0 Å². The summed E-state index contributed by atoms with van der Waals surface area (Å²) in [7, 11) is 0. The fourth-order valence-corrected chi connectivity index (χ4v) is 6.48. The van der Waals surface area contributed by atoms with Gasteiger partial charge in [-0.15, -0.1) is 0 Å². The maximum absolute atomic E-state index is 13.7. The standard InChI is InChI=1S/C39H47NO9/c1-27-10-5-6-19-40(27)39(45)31-22-30(29-15-17-35-36(25-29)49-26-48-35)23-32(24-31)46-20-7-3-2-4-11-28-12-8-13-34(33(28)16-18-38(43)44)47-21-9-14-37(41)42/h8,12-13,15,17,22-25,27H,2-7,9-11,14,16,18-21,26H2,1H3,(H,41,42)(H,43,44). The van der Waals surface area contributed by atoms with Crippen LogP contribution in [0.15, 0.2) is 54.6 Å². The largest absolute Gasteiger partial charge is 0.494 e. The van der Waals surface area contributed by atoms with Crippen molar-refractivity contribution < 1.29 is 43.5 Å². The third-order valence-corrected chi connectivity index (χ3v) is 9.14. The quantitative estimate of drug-likeness (QED) is 0.131. The first kappa shape index (κ1) is 35.6. The number of aryl methyl sites for hydroxylation is 1. The molecule has 1 atom stereocenters. The van der Waals surface area contributed by atoms with Gasteiger partial charge in [-0.2, -0.15) is 0 Å². The van der Waals surface area contributed by atoms with Gasteiger partial charge in [-0.1, -0.05) is 31.0 Å². The lowest BCUT2D eigenvalue weighted by Crippen LogP contribution is -2.42. The van der Waals surface area contributed by atoms with Gasteiger partial charge in [0.2, 0.25) is 6.79 Å². The lowest BCUT2D eigenvalue weighted by atomic mass is 9.97. The molecule has 0 aliphatic carbocycles. The second-order valence-corrected chi connectivity index (χ2v) is 12.8. The molecule has 2 aliphatic rings. The molecule has 3 aromatic rings. The Morgan fingerprint density at radius 2 is 1.59 bits per heavy atom. The van der Waals surface area contributed by atoms with E-state index in [4.69, 9.17) is 24.1 Å². The molecule has 2 heterocycles. The molecule has 10 heteroatoms. The van der Waals surface area contributed by atoms with Crippen LogP contribution < -0.4 is 18.9 Å². The van der Waals surface area contributed by atoms with Crippen molar-refractivity contribution in [2.75, 3.05) is 26.6 Å². The third-order valence-electron chi connectivity index (χ3n) is 9.14. The first-order valence-electron chi connectivity index (χ1n) is 17.4. The normalized spacial score (nSPS) is 15.2. The zero-order valence-electron chi connectivity index (χ0n) is 28.3. The Balaban J connectivity index is 1.17. The number of unbranched alkanes of at least 4 members (excludes halogenated alkanes) is 3. The molecule has 0 saturated carbocycles. The van der Waals surface area contributed by atoms with Crippen molar-refractivity contribution >= 4 is 17.8 Å². The lowest BCUT2D eigenvalue weighted by Gasteiger charge is -2.33. The molecule has 3 aromatic carbocycles. The van der Waals surface area contributed by atoms with E-state index in [1.807, 2.05) is 59.5 Å². The summed E-state index contributed by atoms with van der Waals surface area (Å²) < 4.78 is 23.2. The van der Waals surface area contributed by atoms with Gasteiger partial charge in [-0.3, -0.25) is 14.4 Å². The SMILES string of the molecule is CC1CCCCN1C(=O)c1cc(OCCCCCCc2cccc(OCCCC(=O)O)c2CCC(=O)O)cc(-c2ccc3c(c2)OCO3)c1. The van der Waals surface area contributed by atoms with Gasteiger partial charge in [-0.05, 0) is 117 Å². The summed E-state index contributed by atoms with van der Waals surface area (Å²) in [4.78, 5) is 37.8. The number of aliphatic carboxylic acids is 2. The van der Waals surface area contributed by atoms with Gasteiger partial charge in [0.05, 0.1) is 13.2 Å². The number of carboxylic acid groups (broad SMARTS) is 2. The first-order chi connectivity index (χ1) is 23.8. The number of likely N-dealkylation sites (tertiary alicyclic amines) is 1. The van der Waals surface area contributed by atoms with E-state index in [1.54, 1.807) is 0 Å². The summed E-state index contributed by atoms with van der Waals surface area (Å²) in [5, 5.41) is 18.2. The highest BCUT2D eigenvalue weighted by atomic mass is 16.7. The number of benzene rings is 3. The third kappa shape index (κ3) is 10.1. The topological polar surface area (TPSA) is 132 Å². The van der Waals surface area contributed by atoms with E-state index in [9.17, 15) is 19.5 Å². The van der Waals surface area contributed by atoms with E-state index in [1.165, 1.54) is 0 Å². The number of ether oxygens (including phenoxy) is 4. The summed E-state index contributed by atoms with van der Waals surface area (Å²) in [6.45, 7) is 3.85. The summed E-state index contributed by atoms with van der Waals surface area (Å²) in [5.74, 6) is 0.971. The van der Waals surface area contributed by atoms with E-state index in [0.717, 1.165) is 80.2 Å². The van der Waals surface area contributed by atoms with E-state index >= 15 is 0 Å². The number of carbonyl (C=O) groups is 3. The zero-order chi connectivity index (χ0) is 34.6. The van der Waals surface area contributed by atoms with Crippen LogP contribution in [0.5, 0.6) is 23.0 Å². The number of rotatable bonds is 18. The highest BCUT2D eigenvalue weighted by Gasteiger charge is 2.25. The zero-order valence-corrected chi connectivity index (χ0v) is 28.3. The van der Waals surface area contributed by atoms with E-state index in [0.29, 0.717) is 48.0 Å². The second kappa shape index (κ2) is 17.6. The number of hydrogen-bond donors (Lipinski definition) is 2. The van der Waals surface area contributed by atoms with E-state index < -0.39 is 11.9 Å². The fraction of sp³-hybridized carbons (Fsp3) is 0.462. The predicted octanol–water partition coefficient (Wildman–Crippen LogP) is 7.54. The number of carboxylic acids is 2. The van der Waals surface area contributed by atoms with Crippen molar-refractivity contribution in [3.8, 4) is 34.1 Å². The van der Waals surface area contributed by atoms with Crippen LogP contribution in [-0.4, -0.2) is 65.6 Å². The maximum Gasteiger partial charge on any atom is 0.303 e. The maximum atomic E-state index is 13.7. The van der Waals surface area contributed by atoms with Gasteiger partial charge in [0.1, 0.15) is 11.5 Å². The minimum absolute atomic E-state index is 0.0000715. The Bertz CT molecular complexity index is 1600. The first-order valence-corrected chi connectivity index (χ1v) is 17.4. The average molecular weight is 674 g/mol. The van der Waals surface area contributed by atoms with Crippen molar-refractivity contribution in [1.82, 2.24) is 4.90 Å². The number of hydrogen-bond acceptors (Lipinski definition) is 7. The molecule has 49 heavy (non-hydrogen) atoms. The van der Waals surface area contributed by atoms with Crippen LogP contribution in [0.25, 0.3) is 11.1 Å². The second-order valence-electron chi connectivity index (χ2n) is 12.8. The summed E-state index contributed by atoms with van der Waals surface area (Å²) >= 11 is 0. The molecule has 0 spiro atoms. The predicted molar refractivity (Wildman–Crippen MR) is 185 cm³/mol. The molecular formula is C39H47NO9. The Morgan fingerprint density at radius 3 is 2.41 bits per heavy atom. The lowest BCUT2D eigenvalue weighted by molar-refractivity contribution is -0.138. The molecule has 262 valence electrons. The molecule has 0 aromatic heterocycles. The van der Waals surface area contributed by atoms with Crippen LogP contribution in [0.1, 0.15) is 92.6 Å². The van der Waals surface area contributed by atoms with Crippen LogP contribution in [0.2, 0.25) is 0 Å². The number of nitrogens with zero attached hydrogens (tertiary/aromatic N) is 1. The van der Waals surface area contributed by atoms with Crippen molar-refractivity contribution in [3.05, 3.63) is 71.3 Å². The van der Waals surface area contributed by atoms with Crippen molar-refractivity contribution in [2.45, 2.75) is 90.0 Å². The molecule has 1 amide bonds. The van der Waals surface area contributed by atoms with Gasteiger partial charge in [-0.25, -0.2) is 0 Å². The van der Waals surface area contributed by atoms with Crippen molar-refractivity contribution in [1.29, 1.82) is 0 Å². The molecule has 1 unspecified atom stereocenters. The smallest absolute Gasteiger partial charge is 0.303 e. The Hall–Kier alpha value is -4.73. The van der Waals surface area contributed by atoms with E-state index in [2.05, 4.69) is 6.92 Å². The molecule has 5 rings (SSSR count). The van der Waals surface area contributed by atoms with Gasteiger partial charge in [0.15, 0.2) is 11.5 Å². The molecule has 1 saturated heterocycles. The van der Waals surface area contributed by atoms with Crippen molar-refractivity contribution in [2.24, 2.45) is 0 Å². The minimum atomic E-state index is -0.870. The summed E-state index contributed by atoms with van der Waals surface area (Å²) in [6, 6.07) is 17.5. The molecule has 0 bridgehead atoms. The highest BCUT2D eigenvalue weighted by Crippen LogP contribution is 2.37.